The molecule has 1 saturated heterocycles. The van der Waals surface area contributed by atoms with Gasteiger partial charge in [0.15, 0.2) is 5.78 Å². The van der Waals surface area contributed by atoms with Crippen LogP contribution in [0.25, 0.3) is 0 Å². The van der Waals surface area contributed by atoms with Gasteiger partial charge < -0.3 is 10.0 Å². The number of hydrogen-bond acceptors (Lipinski definition) is 3. The highest BCUT2D eigenvalue weighted by atomic mass is 79.9. The molecule has 5 heteroatoms. The Kier molecular flexibility index (Phi) is 7.38. The molecule has 1 unspecified atom stereocenters. The number of carbonyl (C=O) groups is 1. The number of amidine groups is 1. The average molecular weight is 528 g/mol. The molecule has 0 aromatic heterocycles. The normalized spacial score (nSPS) is 19.6. The molecule has 0 spiro atoms. The second kappa shape index (κ2) is 9.49. The van der Waals surface area contributed by atoms with Crippen LogP contribution in [0.2, 0.25) is 0 Å². The van der Waals surface area contributed by atoms with Crippen molar-refractivity contribution in [3.05, 3.63) is 64.7 Å². The number of ketones is 1. The van der Waals surface area contributed by atoms with E-state index in [2.05, 4.69) is 105 Å². The minimum absolute atomic E-state index is 0.0230. The third-order valence-corrected chi connectivity index (χ3v) is 7.29. The summed E-state index contributed by atoms with van der Waals surface area (Å²) in [5.74, 6) is 1.47. The molecule has 184 valence electrons. The van der Waals surface area contributed by atoms with Crippen LogP contribution >= 0.6 is 16.1 Å². The zero-order chi connectivity index (χ0) is 25.5. The highest BCUT2D eigenvalue weighted by Gasteiger charge is 2.44. The summed E-state index contributed by atoms with van der Waals surface area (Å²) in [6, 6.07) is 14.2. The molecule has 0 bridgehead atoms. The molecule has 1 atom stereocenters. The van der Waals surface area contributed by atoms with E-state index in [1.165, 1.54) is 5.56 Å². The van der Waals surface area contributed by atoms with Gasteiger partial charge >= 0.3 is 0 Å². The molecule has 0 aliphatic carbocycles. The number of halogens is 1. The van der Waals surface area contributed by atoms with Crippen molar-refractivity contribution >= 4 is 27.8 Å². The number of likely N-dealkylation sites (tertiary alicyclic amines) is 1. The van der Waals surface area contributed by atoms with Gasteiger partial charge in [0.2, 0.25) is 0 Å². The summed E-state index contributed by atoms with van der Waals surface area (Å²) in [7, 11) is 0. The molecular formula is C29H39BrN2O2. The van der Waals surface area contributed by atoms with Crippen LogP contribution in [0.15, 0.2) is 46.5 Å². The van der Waals surface area contributed by atoms with Crippen molar-refractivity contribution in [1.29, 1.82) is 0 Å². The molecule has 1 N–H and O–H groups in total. The van der Waals surface area contributed by atoms with E-state index < -0.39 is 0 Å². The van der Waals surface area contributed by atoms with Gasteiger partial charge in [-0.15, -0.1) is 0 Å². The first-order valence-corrected chi connectivity index (χ1v) is 12.7. The maximum atomic E-state index is 13.6. The van der Waals surface area contributed by atoms with Gasteiger partial charge in [-0.05, 0) is 40.4 Å². The molecule has 0 radical (unpaired) electrons. The van der Waals surface area contributed by atoms with Crippen LogP contribution < -0.4 is 0 Å². The van der Waals surface area contributed by atoms with Crippen molar-refractivity contribution in [2.45, 2.75) is 72.6 Å². The van der Waals surface area contributed by atoms with Gasteiger partial charge in [-0.2, -0.15) is 4.02 Å². The monoisotopic (exact) mass is 526 g/mol. The Labute approximate surface area is 213 Å². The summed E-state index contributed by atoms with van der Waals surface area (Å²) >= 11 is 3.36. The van der Waals surface area contributed by atoms with E-state index in [1.54, 1.807) is 0 Å². The van der Waals surface area contributed by atoms with E-state index in [9.17, 15) is 9.90 Å². The second-order valence-electron chi connectivity index (χ2n) is 12.4. The van der Waals surface area contributed by atoms with E-state index in [4.69, 9.17) is 0 Å². The summed E-state index contributed by atoms with van der Waals surface area (Å²) in [6.45, 7) is 17.9. The van der Waals surface area contributed by atoms with Crippen LogP contribution in [0.3, 0.4) is 0 Å². The molecule has 0 saturated carbocycles. The Bertz CT molecular complexity index is 1040. The second-order valence-corrected chi connectivity index (χ2v) is 12.7. The van der Waals surface area contributed by atoms with Gasteiger partial charge in [0.25, 0.3) is 0 Å². The zero-order valence-corrected chi connectivity index (χ0v) is 23.5. The fraction of sp³-hybridized carbons (Fsp3) is 0.517. The minimum Gasteiger partial charge on any atom is -0.507 e. The predicted molar refractivity (Wildman–Crippen MR) is 145 cm³/mol. The number of rotatable bonds is 5. The molecule has 3 rings (SSSR count). The smallest absolute Gasteiger partial charge is 0.182 e. The fourth-order valence-electron chi connectivity index (χ4n) is 4.92. The Morgan fingerprint density at radius 1 is 1.06 bits per heavy atom. The number of Topliss-reactive ketones (excluding diaryl/α,β-unsaturated/α-hetero) is 1. The van der Waals surface area contributed by atoms with E-state index >= 15 is 0 Å². The molecule has 2 aromatic carbocycles. The lowest BCUT2D eigenvalue weighted by Gasteiger charge is -2.28. The summed E-state index contributed by atoms with van der Waals surface area (Å²) in [5.41, 5.74) is 2.95. The summed E-state index contributed by atoms with van der Waals surface area (Å²) < 4.78 is 4.48. The third kappa shape index (κ3) is 5.56. The molecule has 1 heterocycles. The maximum Gasteiger partial charge on any atom is 0.182 e. The van der Waals surface area contributed by atoms with E-state index in [-0.39, 0.29) is 34.5 Å². The van der Waals surface area contributed by atoms with Crippen LogP contribution in [0.5, 0.6) is 5.75 Å². The van der Waals surface area contributed by atoms with Crippen molar-refractivity contribution in [1.82, 2.24) is 4.90 Å². The number of benzene rings is 2. The molecule has 0 amide bonds. The van der Waals surface area contributed by atoms with Crippen LogP contribution in [0.1, 0.15) is 82.4 Å². The first-order valence-electron chi connectivity index (χ1n) is 12.0. The fourth-order valence-corrected chi connectivity index (χ4v) is 5.39. The quantitative estimate of drug-likeness (QED) is 0.423. The van der Waals surface area contributed by atoms with E-state index in [1.807, 2.05) is 18.2 Å². The molecular weight excluding hydrogens is 488 g/mol. The Balaban J connectivity index is 1.93. The van der Waals surface area contributed by atoms with Crippen molar-refractivity contribution in [3.8, 4) is 5.75 Å². The molecule has 2 aromatic rings. The number of nitrogens with zero attached hydrogens (tertiary/aromatic N) is 2. The van der Waals surface area contributed by atoms with E-state index in [0.717, 1.165) is 29.9 Å². The van der Waals surface area contributed by atoms with Crippen molar-refractivity contribution in [2.75, 3.05) is 13.1 Å². The van der Waals surface area contributed by atoms with Crippen molar-refractivity contribution in [2.24, 2.45) is 15.4 Å². The lowest BCUT2D eigenvalue weighted by atomic mass is 9.78. The molecule has 34 heavy (non-hydrogen) atoms. The van der Waals surface area contributed by atoms with E-state index in [0.29, 0.717) is 11.3 Å². The maximum absolute atomic E-state index is 13.6. The topological polar surface area (TPSA) is 52.9 Å². The summed E-state index contributed by atoms with van der Waals surface area (Å²) in [6.07, 6.45) is 0.879. The molecule has 1 fully saturated rings. The van der Waals surface area contributed by atoms with Gasteiger partial charge in [0.1, 0.15) is 11.6 Å². The standard InChI is InChI=1S/C29H39BrN2O2/c1-27(2,3)21-15-20(16-22(25(21)34)28(4,5)6)24(33)17-32-18-29(7,8)23(26(32)31-30)14-19-12-10-9-11-13-19/h9-13,15-16,23,34H,14,17-18H2,1-8H3. The first-order chi connectivity index (χ1) is 15.6. The van der Waals surface area contributed by atoms with Crippen LogP contribution in [-0.4, -0.2) is 34.7 Å². The van der Waals surface area contributed by atoms with Crippen LogP contribution in [0.4, 0.5) is 0 Å². The Hall–Kier alpha value is -2.14. The van der Waals surface area contributed by atoms with Gasteiger partial charge in [-0.3, -0.25) is 4.79 Å². The van der Waals surface area contributed by atoms with Crippen LogP contribution in [-0.2, 0) is 17.3 Å². The average Bonchev–Trinajstić information content (AvgIpc) is 2.95. The largest absolute Gasteiger partial charge is 0.507 e. The highest BCUT2D eigenvalue weighted by molar-refractivity contribution is 9.08. The summed E-state index contributed by atoms with van der Waals surface area (Å²) in [5, 5.41) is 11.0. The van der Waals surface area contributed by atoms with Gasteiger partial charge in [-0.1, -0.05) is 85.7 Å². The van der Waals surface area contributed by atoms with Gasteiger partial charge in [0, 0.05) is 29.2 Å². The summed E-state index contributed by atoms with van der Waals surface area (Å²) in [4.78, 5) is 15.7. The third-order valence-electron chi connectivity index (χ3n) is 6.93. The Morgan fingerprint density at radius 2 is 1.59 bits per heavy atom. The number of phenolic OH excluding ortho intramolecular Hbond substituents is 1. The minimum atomic E-state index is -0.279. The predicted octanol–water partition coefficient (Wildman–Crippen LogP) is 7.08. The zero-order valence-electron chi connectivity index (χ0n) is 21.9. The molecule has 1 aliphatic heterocycles. The molecule has 4 nitrogen and oxygen atoms in total. The van der Waals surface area contributed by atoms with Crippen molar-refractivity contribution in [3.63, 3.8) is 0 Å². The lowest BCUT2D eigenvalue weighted by molar-refractivity contribution is 0.0959. The van der Waals surface area contributed by atoms with Crippen molar-refractivity contribution < 1.29 is 9.90 Å². The van der Waals surface area contributed by atoms with Gasteiger partial charge in [0.05, 0.1) is 22.7 Å². The first kappa shape index (κ1) is 26.5. The number of hydrogen-bond donors (Lipinski definition) is 1. The molecule has 1 aliphatic rings. The number of phenols is 1. The Morgan fingerprint density at radius 3 is 2.06 bits per heavy atom. The van der Waals surface area contributed by atoms with Crippen LogP contribution in [0, 0.1) is 11.3 Å². The highest BCUT2D eigenvalue weighted by Crippen LogP contribution is 2.41. The number of carbonyl (C=O) groups excluding carboxylic acids is 1. The van der Waals surface area contributed by atoms with Gasteiger partial charge in [-0.25, -0.2) is 0 Å². The number of aromatic hydroxyl groups is 1. The lowest BCUT2D eigenvalue weighted by Crippen LogP contribution is -2.33. The SMILES string of the molecule is CC(C)(C)c1cc(C(=O)CN2CC(C)(C)C(Cc3ccccc3)C2=NBr)cc(C(C)(C)C)c1O.